The Kier molecular flexibility index (Phi) is 3.87. The number of fused-ring (bicyclic) bond motifs is 3. The number of hydrogen-bond donors (Lipinski definition) is 0. The minimum Gasteiger partial charge on any atom is -0.373 e. The number of rotatable bonds is 1. The number of aryl methyl sites for hydroxylation is 1. The van der Waals surface area contributed by atoms with E-state index in [0.29, 0.717) is 23.0 Å². The predicted octanol–water partition coefficient (Wildman–Crippen LogP) is 5.43. The van der Waals surface area contributed by atoms with Crippen LogP contribution in [0.25, 0.3) is 11.1 Å². The second-order valence-electron chi connectivity index (χ2n) is 7.06. The van der Waals surface area contributed by atoms with Gasteiger partial charge in [-0.15, -0.1) is 0 Å². The molecule has 0 saturated carbocycles. The lowest BCUT2D eigenvalue weighted by molar-refractivity contribution is -0.0614. The Hall–Kier alpha value is -1.81. The molecule has 3 unspecified atom stereocenters. The average Bonchev–Trinajstić information content (AvgIpc) is 2.58. The summed E-state index contributed by atoms with van der Waals surface area (Å²) >= 11 is 0. The molecule has 126 valence electrons. The zero-order chi connectivity index (χ0) is 16.8. The van der Waals surface area contributed by atoms with Gasteiger partial charge in [0.15, 0.2) is 17.5 Å². The fraction of sp³-hybridized carbons (Fsp3) is 0.400. The van der Waals surface area contributed by atoms with E-state index in [9.17, 15) is 13.2 Å². The van der Waals surface area contributed by atoms with Crippen LogP contribution in [0, 0.1) is 29.3 Å². The van der Waals surface area contributed by atoms with Crippen molar-refractivity contribution >= 4 is 0 Å². The van der Waals surface area contributed by atoms with Crippen molar-refractivity contribution in [1.82, 2.24) is 0 Å². The summed E-state index contributed by atoms with van der Waals surface area (Å²) in [5.41, 5.74) is 3.40. The maximum atomic E-state index is 13.5. The van der Waals surface area contributed by atoms with E-state index < -0.39 is 17.5 Å². The third kappa shape index (κ3) is 2.63. The topological polar surface area (TPSA) is 9.23 Å². The van der Waals surface area contributed by atoms with Gasteiger partial charge in [0, 0.05) is 6.61 Å². The largest absolute Gasteiger partial charge is 0.373 e. The fourth-order valence-electron chi connectivity index (χ4n) is 4.07. The molecular weight excluding hydrogens is 313 g/mol. The highest BCUT2D eigenvalue weighted by atomic mass is 19.2. The van der Waals surface area contributed by atoms with Crippen molar-refractivity contribution in [1.29, 1.82) is 0 Å². The minimum atomic E-state index is -1.43. The summed E-state index contributed by atoms with van der Waals surface area (Å²) in [4.78, 5) is 0. The lowest BCUT2D eigenvalue weighted by atomic mass is 9.75. The van der Waals surface area contributed by atoms with Crippen LogP contribution >= 0.6 is 0 Å². The minimum absolute atomic E-state index is 0.126. The van der Waals surface area contributed by atoms with Gasteiger partial charge in [0.25, 0.3) is 0 Å². The van der Waals surface area contributed by atoms with Crippen molar-refractivity contribution in [3.05, 3.63) is 58.9 Å². The zero-order valence-corrected chi connectivity index (χ0v) is 13.5. The van der Waals surface area contributed by atoms with Crippen LogP contribution in [-0.4, -0.2) is 6.61 Å². The summed E-state index contributed by atoms with van der Waals surface area (Å²) in [6.45, 7) is 2.99. The fourth-order valence-corrected chi connectivity index (χ4v) is 4.07. The summed E-state index contributed by atoms with van der Waals surface area (Å²) in [5, 5.41) is 0. The Labute approximate surface area is 139 Å². The Morgan fingerprint density at radius 3 is 2.50 bits per heavy atom. The molecule has 0 N–H and O–H groups in total. The third-order valence-electron chi connectivity index (χ3n) is 5.24. The maximum absolute atomic E-state index is 13.5. The highest BCUT2D eigenvalue weighted by Crippen LogP contribution is 2.44. The first kappa shape index (κ1) is 15.7. The van der Waals surface area contributed by atoms with Crippen molar-refractivity contribution in [3.63, 3.8) is 0 Å². The molecule has 0 spiro atoms. The van der Waals surface area contributed by atoms with Crippen molar-refractivity contribution < 1.29 is 17.9 Å². The molecule has 1 aliphatic carbocycles. The van der Waals surface area contributed by atoms with Gasteiger partial charge < -0.3 is 4.74 Å². The van der Waals surface area contributed by atoms with Crippen molar-refractivity contribution in [2.24, 2.45) is 11.8 Å². The number of halogens is 3. The van der Waals surface area contributed by atoms with E-state index in [1.165, 1.54) is 12.0 Å². The molecule has 0 amide bonds. The normalized spacial score (nSPS) is 25.9. The van der Waals surface area contributed by atoms with Crippen LogP contribution in [0.15, 0.2) is 30.3 Å². The van der Waals surface area contributed by atoms with Gasteiger partial charge in [-0.25, -0.2) is 13.2 Å². The van der Waals surface area contributed by atoms with Crippen LogP contribution in [0.2, 0.25) is 0 Å². The van der Waals surface area contributed by atoms with Gasteiger partial charge in [-0.1, -0.05) is 25.1 Å². The van der Waals surface area contributed by atoms with Gasteiger partial charge in [0.1, 0.15) is 0 Å². The molecule has 0 bridgehead atoms. The Bertz CT molecular complexity index is 763. The maximum Gasteiger partial charge on any atom is 0.194 e. The number of hydrogen-bond acceptors (Lipinski definition) is 1. The van der Waals surface area contributed by atoms with E-state index in [4.69, 9.17) is 4.74 Å². The van der Waals surface area contributed by atoms with Gasteiger partial charge in [0.2, 0.25) is 0 Å². The van der Waals surface area contributed by atoms with Gasteiger partial charge in [-0.3, -0.25) is 0 Å². The van der Waals surface area contributed by atoms with E-state index in [2.05, 4.69) is 6.92 Å². The lowest BCUT2D eigenvalue weighted by Gasteiger charge is -2.39. The summed E-state index contributed by atoms with van der Waals surface area (Å²) in [6.07, 6.45) is 3.31. The van der Waals surface area contributed by atoms with Crippen molar-refractivity contribution in [3.8, 4) is 11.1 Å². The molecule has 1 heterocycles. The SMILES string of the molecule is CC1COC2c3ccc(-c4cc(F)c(F)c(F)c4)cc3CCC2C1. The summed E-state index contributed by atoms with van der Waals surface area (Å²) < 4.78 is 46.2. The molecule has 2 aromatic carbocycles. The van der Waals surface area contributed by atoms with Crippen LogP contribution in [0.3, 0.4) is 0 Å². The van der Waals surface area contributed by atoms with Crippen molar-refractivity contribution in [2.75, 3.05) is 6.61 Å². The second kappa shape index (κ2) is 5.92. The van der Waals surface area contributed by atoms with Crippen LogP contribution in [0.4, 0.5) is 13.2 Å². The number of benzene rings is 2. The predicted molar refractivity (Wildman–Crippen MR) is 86.0 cm³/mol. The molecule has 1 nitrogen and oxygen atoms in total. The van der Waals surface area contributed by atoms with Gasteiger partial charge in [-0.05, 0) is 65.5 Å². The monoisotopic (exact) mass is 332 g/mol. The second-order valence-corrected chi connectivity index (χ2v) is 7.06. The average molecular weight is 332 g/mol. The molecular formula is C20H19F3O. The highest BCUT2D eigenvalue weighted by molar-refractivity contribution is 5.65. The Balaban J connectivity index is 1.70. The van der Waals surface area contributed by atoms with E-state index >= 15 is 0 Å². The van der Waals surface area contributed by atoms with E-state index in [-0.39, 0.29) is 6.10 Å². The summed E-state index contributed by atoms with van der Waals surface area (Å²) in [6, 6.07) is 7.89. The first-order valence-electron chi connectivity index (χ1n) is 8.42. The molecule has 4 heteroatoms. The zero-order valence-electron chi connectivity index (χ0n) is 13.5. The smallest absolute Gasteiger partial charge is 0.194 e. The summed E-state index contributed by atoms with van der Waals surface area (Å²) in [7, 11) is 0. The van der Waals surface area contributed by atoms with E-state index in [1.54, 1.807) is 0 Å². The molecule has 24 heavy (non-hydrogen) atoms. The first-order chi connectivity index (χ1) is 11.5. The van der Waals surface area contributed by atoms with Crippen LogP contribution < -0.4 is 0 Å². The Morgan fingerprint density at radius 2 is 1.75 bits per heavy atom. The molecule has 1 saturated heterocycles. The molecule has 0 aromatic heterocycles. The van der Waals surface area contributed by atoms with Crippen molar-refractivity contribution in [2.45, 2.75) is 32.3 Å². The molecule has 1 aliphatic heterocycles. The first-order valence-corrected chi connectivity index (χ1v) is 8.42. The quantitative estimate of drug-likeness (QED) is 0.633. The van der Waals surface area contributed by atoms with Crippen LogP contribution in [0.1, 0.15) is 37.0 Å². The van der Waals surface area contributed by atoms with Gasteiger partial charge in [-0.2, -0.15) is 0 Å². The van der Waals surface area contributed by atoms with E-state index in [1.807, 2.05) is 18.2 Å². The standard InChI is InChI=1S/C20H19F3O/c1-11-6-14-3-2-13-7-12(4-5-16(13)20(14)24-10-11)15-8-17(21)19(23)18(22)9-15/h4-5,7-9,11,14,20H,2-3,6,10H2,1H3. The lowest BCUT2D eigenvalue weighted by Crippen LogP contribution is -2.31. The molecule has 4 rings (SSSR count). The Morgan fingerprint density at radius 1 is 1.00 bits per heavy atom. The molecule has 1 fully saturated rings. The van der Waals surface area contributed by atoms with Gasteiger partial charge in [0.05, 0.1) is 6.10 Å². The third-order valence-corrected chi connectivity index (χ3v) is 5.24. The molecule has 3 atom stereocenters. The molecule has 2 aliphatic rings. The molecule has 0 radical (unpaired) electrons. The van der Waals surface area contributed by atoms with E-state index in [0.717, 1.165) is 37.1 Å². The molecule has 2 aromatic rings. The number of ether oxygens (including phenoxy) is 1. The van der Waals surface area contributed by atoms with Crippen LogP contribution in [-0.2, 0) is 11.2 Å². The summed E-state index contributed by atoms with van der Waals surface area (Å²) in [5.74, 6) is -2.60. The van der Waals surface area contributed by atoms with Gasteiger partial charge >= 0.3 is 0 Å². The highest BCUT2D eigenvalue weighted by Gasteiger charge is 2.34. The van der Waals surface area contributed by atoms with Crippen LogP contribution in [0.5, 0.6) is 0 Å².